The van der Waals surface area contributed by atoms with Crippen LogP contribution in [0.2, 0.25) is 10.0 Å². The zero-order valence-corrected chi connectivity index (χ0v) is 29.7. The topological polar surface area (TPSA) is 111 Å². The Kier molecular flexibility index (Phi) is 10.4. The van der Waals surface area contributed by atoms with Crippen LogP contribution < -0.4 is 25.7 Å². The number of para-hydroxylation sites is 2. The van der Waals surface area contributed by atoms with Crippen molar-refractivity contribution in [2.24, 2.45) is 5.92 Å². The van der Waals surface area contributed by atoms with E-state index in [1.54, 1.807) is 24.3 Å². The number of methoxy groups -OCH3 is 1. The Bertz CT molecular complexity index is 2000. The number of benzene rings is 3. The number of pyridine rings is 1. The van der Waals surface area contributed by atoms with Crippen LogP contribution in [0.25, 0.3) is 10.9 Å². The van der Waals surface area contributed by atoms with E-state index in [0.29, 0.717) is 62.9 Å². The van der Waals surface area contributed by atoms with Crippen LogP contribution in [0.4, 0.5) is 21.5 Å². The molecule has 268 valence electrons. The molecule has 13 heteroatoms. The molecule has 1 aromatic heterocycles. The number of aromatic nitrogens is 1. The Hall–Kier alpha value is -4.32. The molecule has 0 amide bonds. The maximum absolute atomic E-state index is 15.9. The molecule has 10 nitrogen and oxygen atoms in total. The summed E-state index contributed by atoms with van der Waals surface area (Å²) in [7, 11) is 1.49. The van der Waals surface area contributed by atoms with Crippen LogP contribution in [-0.4, -0.2) is 62.5 Å². The van der Waals surface area contributed by atoms with Crippen LogP contribution in [-0.2, 0) is 20.7 Å². The molecule has 0 bridgehead atoms. The minimum atomic E-state index is -0.820. The first kappa shape index (κ1) is 35.1. The molecule has 1 aliphatic carbocycles. The largest absolute Gasteiger partial charge is 0.492 e. The SMILES string of the molecule is COc1c(N2C[C@H]3CCCN[C@H]3C2)c(F)cc2c(=O)c(C(=O)OCCCOC(=O)Cc3ccccc3Nc3c(Cl)cccc3Cl)cn(C3CC3)c12. The number of hydrogen-bond donors (Lipinski definition) is 2. The van der Waals surface area contributed by atoms with Crippen molar-refractivity contribution in [3.8, 4) is 5.75 Å². The molecule has 3 fully saturated rings. The summed E-state index contributed by atoms with van der Waals surface area (Å²) in [5.74, 6) is -1.12. The van der Waals surface area contributed by atoms with Crippen LogP contribution in [0.5, 0.6) is 5.75 Å². The Morgan fingerprint density at radius 3 is 2.53 bits per heavy atom. The van der Waals surface area contributed by atoms with Gasteiger partial charge >= 0.3 is 11.9 Å². The number of anilines is 3. The van der Waals surface area contributed by atoms with Gasteiger partial charge in [-0.2, -0.15) is 0 Å². The van der Waals surface area contributed by atoms with Crippen LogP contribution in [0.1, 0.15) is 54.1 Å². The Morgan fingerprint density at radius 2 is 1.78 bits per heavy atom. The lowest BCUT2D eigenvalue weighted by Crippen LogP contribution is -2.40. The minimum absolute atomic E-state index is 0.000990. The van der Waals surface area contributed by atoms with Crippen molar-refractivity contribution in [1.82, 2.24) is 9.88 Å². The molecule has 2 N–H and O–H groups in total. The number of rotatable bonds is 12. The third kappa shape index (κ3) is 7.38. The number of fused-ring (bicyclic) bond motifs is 2. The summed E-state index contributed by atoms with van der Waals surface area (Å²) in [5, 5.41) is 7.70. The molecule has 2 atom stereocenters. The first-order valence-corrected chi connectivity index (χ1v) is 18.0. The third-order valence-corrected chi connectivity index (χ3v) is 10.5. The number of ether oxygens (including phenoxy) is 3. The molecule has 2 aliphatic heterocycles. The molecule has 3 heterocycles. The van der Waals surface area contributed by atoms with Gasteiger partial charge in [0.15, 0.2) is 11.6 Å². The van der Waals surface area contributed by atoms with E-state index in [1.165, 1.54) is 19.4 Å². The van der Waals surface area contributed by atoms with Gasteiger partial charge in [0.2, 0.25) is 5.43 Å². The second-order valence-electron chi connectivity index (χ2n) is 13.3. The summed E-state index contributed by atoms with van der Waals surface area (Å²) >= 11 is 12.6. The van der Waals surface area contributed by atoms with E-state index in [9.17, 15) is 14.4 Å². The molecule has 4 aromatic rings. The van der Waals surface area contributed by atoms with Gasteiger partial charge in [-0.25, -0.2) is 9.18 Å². The Morgan fingerprint density at radius 1 is 1.02 bits per heavy atom. The standard InChI is InChI=1S/C38H39Cl2FN4O6/c1-49-37-34-25(18-29(41)35(37)44-19-23-8-5-14-42-31(23)21-44)36(47)26(20-45(34)24-12-13-24)38(48)51-16-6-15-50-32(46)17-22-7-2-3-11-30(22)43-33-27(39)9-4-10-28(33)40/h2-4,7,9-11,18,20,23-24,31,42-43H,5-6,8,12-17,19,21H2,1H3/t23-,31+/m1/s1. The van der Waals surface area contributed by atoms with Crippen molar-refractivity contribution >= 4 is 63.1 Å². The summed E-state index contributed by atoms with van der Waals surface area (Å²) in [6, 6.07) is 14.0. The highest BCUT2D eigenvalue weighted by Gasteiger charge is 2.38. The molecular weight excluding hydrogens is 698 g/mol. The van der Waals surface area contributed by atoms with Gasteiger partial charge in [-0.3, -0.25) is 9.59 Å². The number of hydrogen-bond acceptors (Lipinski definition) is 9. The molecule has 7 rings (SSSR count). The first-order valence-electron chi connectivity index (χ1n) is 17.3. The van der Waals surface area contributed by atoms with Crippen molar-refractivity contribution in [1.29, 1.82) is 0 Å². The molecule has 1 saturated carbocycles. The van der Waals surface area contributed by atoms with E-state index in [1.807, 2.05) is 27.7 Å². The van der Waals surface area contributed by atoms with Gasteiger partial charge in [0, 0.05) is 43.5 Å². The third-order valence-electron chi connectivity index (χ3n) is 9.84. The molecular formula is C38H39Cl2FN4O6. The average molecular weight is 738 g/mol. The lowest BCUT2D eigenvalue weighted by molar-refractivity contribution is -0.143. The molecule has 3 aromatic carbocycles. The Balaban J connectivity index is 0.999. The van der Waals surface area contributed by atoms with E-state index >= 15 is 4.39 Å². The number of piperidine rings is 1. The number of carbonyl (C=O) groups excluding carboxylic acids is 2. The lowest BCUT2D eigenvalue weighted by atomic mass is 9.94. The second-order valence-corrected chi connectivity index (χ2v) is 14.1. The number of nitrogens with one attached hydrogen (secondary N) is 2. The predicted molar refractivity (Wildman–Crippen MR) is 195 cm³/mol. The number of nitrogens with zero attached hydrogens (tertiary/aromatic N) is 2. The number of halogens is 3. The van der Waals surface area contributed by atoms with Crippen LogP contribution in [0, 0.1) is 11.7 Å². The Labute approximate surface area is 304 Å². The fraction of sp³-hybridized carbons (Fsp3) is 0.395. The number of carbonyl (C=O) groups is 2. The maximum atomic E-state index is 15.9. The van der Waals surface area contributed by atoms with Crippen molar-refractivity contribution in [3.05, 3.63) is 91.9 Å². The molecule has 0 spiro atoms. The zero-order valence-electron chi connectivity index (χ0n) is 28.2. The van der Waals surface area contributed by atoms with Crippen molar-refractivity contribution in [3.63, 3.8) is 0 Å². The lowest BCUT2D eigenvalue weighted by Gasteiger charge is -2.25. The number of esters is 2. The van der Waals surface area contributed by atoms with Gasteiger partial charge < -0.3 is 34.3 Å². The zero-order chi connectivity index (χ0) is 35.6. The van der Waals surface area contributed by atoms with Gasteiger partial charge in [-0.05, 0) is 68.0 Å². The fourth-order valence-corrected chi connectivity index (χ4v) is 7.68. The molecule has 51 heavy (non-hydrogen) atoms. The van der Waals surface area contributed by atoms with Gasteiger partial charge in [-0.1, -0.05) is 47.5 Å². The van der Waals surface area contributed by atoms with Gasteiger partial charge in [-0.15, -0.1) is 0 Å². The van der Waals surface area contributed by atoms with Crippen LogP contribution in [0.3, 0.4) is 0 Å². The summed E-state index contributed by atoms with van der Waals surface area (Å²) in [6.45, 7) is 2.22. The van der Waals surface area contributed by atoms with Crippen LogP contribution in [0.15, 0.2) is 59.5 Å². The fourth-order valence-electron chi connectivity index (χ4n) is 7.19. The summed E-state index contributed by atoms with van der Waals surface area (Å²) in [5.41, 5.74) is 1.91. The summed E-state index contributed by atoms with van der Waals surface area (Å²) in [6.07, 6.45) is 5.61. The van der Waals surface area contributed by atoms with E-state index in [0.717, 1.165) is 32.2 Å². The normalized spacial score (nSPS) is 18.4. The van der Waals surface area contributed by atoms with E-state index in [4.69, 9.17) is 37.4 Å². The van der Waals surface area contributed by atoms with Crippen LogP contribution >= 0.6 is 23.2 Å². The molecule has 2 saturated heterocycles. The van der Waals surface area contributed by atoms with Gasteiger partial charge in [0.25, 0.3) is 0 Å². The quantitative estimate of drug-likeness (QED) is 0.117. The van der Waals surface area contributed by atoms with Crippen molar-refractivity contribution in [2.45, 2.75) is 50.6 Å². The predicted octanol–water partition coefficient (Wildman–Crippen LogP) is 7.06. The highest BCUT2D eigenvalue weighted by molar-refractivity contribution is 6.39. The molecule has 0 unspecified atom stereocenters. The molecule has 0 radical (unpaired) electrons. The van der Waals surface area contributed by atoms with Gasteiger partial charge in [0.05, 0.1) is 53.4 Å². The van der Waals surface area contributed by atoms with E-state index < -0.39 is 23.2 Å². The average Bonchev–Trinajstić information content (AvgIpc) is 3.88. The monoisotopic (exact) mass is 736 g/mol. The van der Waals surface area contributed by atoms with E-state index in [2.05, 4.69) is 10.6 Å². The smallest absolute Gasteiger partial charge is 0.343 e. The minimum Gasteiger partial charge on any atom is -0.492 e. The van der Waals surface area contributed by atoms with E-state index in [-0.39, 0.29) is 49.1 Å². The maximum Gasteiger partial charge on any atom is 0.343 e. The van der Waals surface area contributed by atoms with Gasteiger partial charge in [0.1, 0.15) is 11.3 Å². The molecule has 3 aliphatic rings. The second kappa shape index (κ2) is 15.1. The highest BCUT2D eigenvalue weighted by Crippen LogP contribution is 2.45. The highest BCUT2D eigenvalue weighted by atomic mass is 35.5. The first-order chi connectivity index (χ1) is 24.7. The summed E-state index contributed by atoms with van der Waals surface area (Å²) < 4.78 is 34.5. The van der Waals surface area contributed by atoms with Crippen molar-refractivity contribution < 1.29 is 28.2 Å². The van der Waals surface area contributed by atoms with Crippen molar-refractivity contribution in [2.75, 3.05) is 50.2 Å². The summed E-state index contributed by atoms with van der Waals surface area (Å²) in [4.78, 5) is 41.7.